The van der Waals surface area contributed by atoms with Crippen LogP contribution in [0.25, 0.3) is 0 Å². The number of anilines is 1. The molecule has 124 valence electrons. The van der Waals surface area contributed by atoms with E-state index < -0.39 is 17.8 Å². The van der Waals surface area contributed by atoms with Gasteiger partial charge in [0.05, 0.1) is 12.8 Å². The van der Waals surface area contributed by atoms with E-state index in [9.17, 15) is 14.4 Å². The van der Waals surface area contributed by atoms with Crippen LogP contribution in [0.4, 0.5) is 5.69 Å². The van der Waals surface area contributed by atoms with Gasteiger partial charge in [-0.1, -0.05) is 12.5 Å². The maximum Gasteiger partial charge on any atom is 0.397 e. The third-order valence-electron chi connectivity index (χ3n) is 3.75. The Hall–Kier alpha value is -2.57. The van der Waals surface area contributed by atoms with Crippen molar-refractivity contribution in [2.45, 2.75) is 38.2 Å². The first-order chi connectivity index (χ1) is 11.0. The summed E-state index contributed by atoms with van der Waals surface area (Å²) in [5.74, 6) is -2.45. The average molecular weight is 320 g/mol. The van der Waals surface area contributed by atoms with E-state index in [1.165, 1.54) is 19.2 Å². The number of carbonyl (C=O) groups is 3. The molecule has 0 spiro atoms. The van der Waals surface area contributed by atoms with Gasteiger partial charge in [-0.2, -0.15) is 0 Å². The molecule has 2 rings (SSSR count). The van der Waals surface area contributed by atoms with E-state index in [0.29, 0.717) is 0 Å². The third-order valence-corrected chi connectivity index (χ3v) is 3.75. The van der Waals surface area contributed by atoms with E-state index in [1.54, 1.807) is 6.07 Å². The minimum absolute atomic E-state index is 0.00816. The number of rotatable bonds is 4. The minimum Gasteiger partial charge on any atom is -0.496 e. The molecule has 0 bridgehead atoms. The largest absolute Gasteiger partial charge is 0.496 e. The van der Waals surface area contributed by atoms with E-state index in [0.717, 1.165) is 32.1 Å². The third kappa shape index (κ3) is 4.21. The summed E-state index contributed by atoms with van der Waals surface area (Å²) >= 11 is 0. The SMILES string of the molecule is COc1cccc(NC(=O)C(=O)OC2CCCCC2)c1C(N)=O. The van der Waals surface area contributed by atoms with Crippen LogP contribution in [0.2, 0.25) is 0 Å². The van der Waals surface area contributed by atoms with E-state index in [-0.39, 0.29) is 23.1 Å². The molecule has 1 fully saturated rings. The van der Waals surface area contributed by atoms with Crippen LogP contribution < -0.4 is 15.8 Å². The van der Waals surface area contributed by atoms with Crippen LogP contribution in [0, 0.1) is 0 Å². The van der Waals surface area contributed by atoms with Crippen molar-refractivity contribution in [1.29, 1.82) is 0 Å². The molecule has 0 heterocycles. The van der Waals surface area contributed by atoms with E-state index in [1.807, 2.05) is 0 Å². The Labute approximate surface area is 134 Å². The van der Waals surface area contributed by atoms with Crippen molar-refractivity contribution in [3.05, 3.63) is 23.8 Å². The predicted octanol–water partition coefficient (Wildman–Crippen LogP) is 1.61. The number of hydrogen-bond acceptors (Lipinski definition) is 5. The Bertz CT molecular complexity index is 608. The molecule has 0 saturated heterocycles. The lowest BCUT2D eigenvalue weighted by atomic mass is 9.98. The monoisotopic (exact) mass is 320 g/mol. The van der Waals surface area contributed by atoms with Crippen LogP contribution in [-0.2, 0) is 14.3 Å². The number of amides is 2. The fourth-order valence-electron chi connectivity index (χ4n) is 2.62. The highest BCUT2D eigenvalue weighted by Crippen LogP contribution is 2.26. The highest BCUT2D eigenvalue weighted by atomic mass is 16.5. The zero-order valence-electron chi connectivity index (χ0n) is 13.0. The van der Waals surface area contributed by atoms with Crippen LogP contribution in [0.1, 0.15) is 42.5 Å². The minimum atomic E-state index is -0.963. The lowest BCUT2D eigenvalue weighted by Gasteiger charge is -2.21. The van der Waals surface area contributed by atoms with Gasteiger partial charge >= 0.3 is 11.9 Å². The molecule has 0 unspecified atom stereocenters. The van der Waals surface area contributed by atoms with Crippen LogP contribution in [0.3, 0.4) is 0 Å². The molecule has 2 amide bonds. The summed E-state index contributed by atoms with van der Waals surface area (Å²) in [5, 5.41) is 2.36. The Morgan fingerprint density at radius 3 is 2.48 bits per heavy atom. The normalized spacial score (nSPS) is 14.8. The van der Waals surface area contributed by atoms with Crippen molar-refractivity contribution >= 4 is 23.5 Å². The lowest BCUT2D eigenvalue weighted by Crippen LogP contribution is -2.31. The molecular formula is C16H20N2O5. The van der Waals surface area contributed by atoms with Gasteiger partial charge in [0.25, 0.3) is 5.91 Å². The zero-order chi connectivity index (χ0) is 16.8. The van der Waals surface area contributed by atoms with Crippen molar-refractivity contribution < 1.29 is 23.9 Å². The van der Waals surface area contributed by atoms with Gasteiger partial charge in [0, 0.05) is 0 Å². The van der Waals surface area contributed by atoms with Crippen molar-refractivity contribution in [1.82, 2.24) is 0 Å². The van der Waals surface area contributed by atoms with Crippen molar-refractivity contribution in [3.8, 4) is 5.75 Å². The predicted molar refractivity (Wildman–Crippen MR) is 83.1 cm³/mol. The number of carbonyl (C=O) groups excluding carboxylic acids is 3. The second-order valence-electron chi connectivity index (χ2n) is 5.37. The van der Waals surface area contributed by atoms with E-state index in [4.69, 9.17) is 15.2 Å². The summed E-state index contributed by atoms with van der Waals surface area (Å²) in [7, 11) is 1.38. The fourth-order valence-corrected chi connectivity index (χ4v) is 2.62. The van der Waals surface area contributed by atoms with Crippen molar-refractivity contribution in [3.63, 3.8) is 0 Å². The number of methoxy groups -OCH3 is 1. The maximum atomic E-state index is 12.0. The van der Waals surface area contributed by atoms with Crippen molar-refractivity contribution in [2.75, 3.05) is 12.4 Å². The number of primary amides is 1. The molecule has 1 aromatic rings. The summed E-state index contributed by atoms with van der Waals surface area (Å²) in [4.78, 5) is 35.4. The van der Waals surface area contributed by atoms with Crippen LogP contribution in [-0.4, -0.2) is 31.0 Å². The molecule has 23 heavy (non-hydrogen) atoms. The number of ether oxygens (including phenoxy) is 2. The number of nitrogens with two attached hydrogens (primary N) is 1. The molecular weight excluding hydrogens is 300 g/mol. The molecule has 1 aliphatic carbocycles. The van der Waals surface area contributed by atoms with E-state index >= 15 is 0 Å². The molecule has 1 saturated carbocycles. The summed E-state index contributed by atoms with van der Waals surface area (Å²) in [6, 6.07) is 4.58. The molecule has 7 nitrogen and oxygen atoms in total. The highest BCUT2D eigenvalue weighted by molar-refractivity contribution is 6.37. The van der Waals surface area contributed by atoms with E-state index in [2.05, 4.69) is 5.32 Å². The Kier molecular flexibility index (Phi) is 5.56. The molecule has 0 atom stereocenters. The van der Waals surface area contributed by atoms with Crippen LogP contribution in [0.15, 0.2) is 18.2 Å². The molecule has 1 aromatic carbocycles. The summed E-state index contributed by atoms with van der Waals surface area (Å²) in [5.41, 5.74) is 5.43. The van der Waals surface area contributed by atoms with Crippen LogP contribution >= 0.6 is 0 Å². The van der Waals surface area contributed by atoms with Gasteiger partial charge < -0.3 is 20.5 Å². The summed E-state index contributed by atoms with van der Waals surface area (Å²) in [6.07, 6.45) is 4.41. The summed E-state index contributed by atoms with van der Waals surface area (Å²) in [6.45, 7) is 0. The topological polar surface area (TPSA) is 108 Å². The van der Waals surface area contributed by atoms with Crippen molar-refractivity contribution in [2.24, 2.45) is 5.73 Å². The molecule has 0 aromatic heterocycles. The Morgan fingerprint density at radius 2 is 1.87 bits per heavy atom. The Balaban J connectivity index is 2.07. The standard InChI is InChI=1S/C16H20N2O5/c1-22-12-9-5-8-11(13(12)14(17)19)18-15(20)16(21)23-10-6-3-2-4-7-10/h5,8-10H,2-4,6-7H2,1H3,(H2,17,19)(H,18,20). The average Bonchev–Trinajstić information content (AvgIpc) is 2.55. The van der Waals surface area contributed by atoms with Crippen LogP contribution in [0.5, 0.6) is 5.75 Å². The number of hydrogen-bond donors (Lipinski definition) is 2. The maximum absolute atomic E-state index is 12.0. The Morgan fingerprint density at radius 1 is 1.17 bits per heavy atom. The first-order valence-corrected chi connectivity index (χ1v) is 7.51. The van der Waals surface area contributed by atoms with Gasteiger partial charge in [0.1, 0.15) is 17.4 Å². The smallest absolute Gasteiger partial charge is 0.397 e. The molecule has 0 radical (unpaired) electrons. The van der Waals surface area contributed by atoms with Gasteiger partial charge in [0.2, 0.25) is 0 Å². The molecule has 0 aliphatic heterocycles. The second kappa shape index (κ2) is 7.62. The summed E-state index contributed by atoms with van der Waals surface area (Å²) < 4.78 is 10.2. The van der Waals surface area contributed by atoms with Gasteiger partial charge in [-0.05, 0) is 37.8 Å². The molecule has 7 heteroatoms. The lowest BCUT2D eigenvalue weighted by molar-refractivity contribution is -0.157. The number of benzene rings is 1. The number of nitrogens with one attached hydrogen (secondary N) is 1. The molecule has 3 N–H and O–H groups in total. The highest BCUT2D eigenvalue weighted by Gasteiger charge is 2.24. The second-order valence-corrected chi connectivity index (χ2v) is 5.37. The van der Waals surface area contributed by atoms with Gasteiger partial charge in [0.15, 0.2) is 0 Å². The van der Waals surface area contributed by atoms with Gasteiger partial charge in [-0.25, -0.2) is 4.79 Å². The fraction of sp³-hybridized carbons (Fsp3) is 0.438. The first kappa shape index (κ1) is 16.8. The van der Waals surface area contributed by atoms with Gasteiger partial charge in [-0.3, -0.25) is 9.59 Å². The zero-order valence-corrected chi connectivity index (χ0v) is 13.0. The quantitative estimate of drug-likeness (QED) is 0.647. The molecule has 1 aliphatic rings. The first-order valence-electron chi connectivity index (χ1n) is 7.51. The number of esters is 1. The van der Waals surface area contributed by atoms with Gasteiger partial charge in [-0.15, -0.1) is 0 Å².